The molecule has 0 saturated heterocycles. The van der Waals surface area contributed by atoms with Crippen molar-refractivity contribution in [3.63, 3.8) is 0 Å². The van der Waals surface area contributed by atoms with E-state index in [0.717, 1.165) is 16.8 Å². The molecule has 116 valence electrons. The zero-order valence-corrected chi connectivity index (χ0v) is 12.7. The van der Waals surface area contributed by atoms with Gasteiger partial charge in [-0.1, -0.05) is 32.0 Å². The van der Waals surface area contributed by atoms with E-state index >= 15 is 0 Å². The van der Waals surface area contributed by atoms with Crippen LogP contribution in [0.25, 0.3) is 5.69 Å². The Morgan fingerprint density at radius 2 is 1.86 bits per heavy atom. The molecule has 1 heterocycles. The number of pyridine rings is 1. The van der Waals surface area contributed by atoms with Gasteiger partial charge in [0.2, 0.25) is 0 Å². The lowest BCUT2D eigenvalue weighted by molar-refractivity contribution is -0.138. The molecule has 0 spiro atoms. The molecule has 22 heavy (non-hydrogen) atoms. The summed E-state index contributed by atoms with van der Waals surface area (Å²) in [4.78, 5) is 23.2. The van der Waals surface area contributed by atoms with Crippen molar-refractivity contribution in [1.29, 1.82) is 0 Å². The lowest BCUT2D eigenvalue weighted by Gasteiger charge is -2.11. The van der Waals surface area contributed by atoms with E-state index in [1.807, 2.05) is 26.0 Å². The third-order valence-electron chi connectivity index (χ3n) is 3.59. The maximum Gasteiger partial charge on any atom is 0.320 e. The molecule has 1 aromatic carbocycles. The van der Waals surface area contributed by atoms with Gasteiger partial charge in [0, 0.05) is 17.4 Å². The quantitative estimate of drug-likeness (QED) is 0.883. The van der Waals surface area contributed by atoms with Crippen LogP contribution in [0.5, 0.6) is 0 Å². The van der Waals surface area contributed by atoms with Crippen LogP contribution in [0.1, 0.15) is 30.9 Å². The number of hydrogen-bond acceptors (Lipinski definition) is 3. The number of aromatic nitrogens is 1. The molecule has 0 bridgehead atoms. The number of nitrogens with two attached hydrogens (primary N) is 1. The first-order chi connectivity index (χ1) is 10.4. The summed E-state index contributed by atoms with van der Waals surface area (Å²) in [5.41, 5.74) is 7.82. The molecular formula is C17H20N2O3. The Kier molecular flexibility index (Phi) is 4.78. The molecule has 0 aliphatic carbocycles. The summed E-state index contributed by atoms with van der Waals surface area (Å²) >= 11 is 0. The van der Waals surface area contributed by atoms with Crippen molar-refractivity contribution in [2.75, 3.05) is 0 Å². The van der Waals surface area contributed by atoms with Crippen LogP contribution < -0.4 is 11.3 Å². The lowest BCUT2D eigenvalue weighted by atomic mass is 10.0. The molecule has 2 aromatic rings. The van der Waals surface area contributed by atoms with Gasteiger partial charge in [0.05, 0.1) is 0 Å². The zero-order valence-electron chi connectivity index (χ0n) is 12.7. The predicted molar refractivity (Wildman–Crippen MR) is 85.4 cm³/mol. The summed E-state index contributed by atoms with van der Waals surface area (Å²) in [5.74, 6) is -0.863. The van der Waals surface area contributed by atoms with Crippen LogP contribution in [0.3, 0.4) is 0 Å². The van der Waals surface area contributed by atoms with Crippen LogP contribution in [0, 0.1) is 0 Å². The summed E-state index contributed by atoms with van der Waals surface area (Å²) in [6.07, 6.45) is 1.99. The van der Waals surface area contributed by atoms with Gasteiger partial charge in [-0.3, -0.25) is 14.2 Å². The third kappa shape index (κ3) is 3.43. The molecule has 2 rings (SSSR count). The maximum absolute atomic E-state index is 12.4. The van der Waals surface area contributed by atoms with E-state index in [9.17, 15) is 9.59 Å². The topological polar surface area (TPSA) is 85.3 Å². The molecule has 0 saturated carbocycles. The molecule has 5 nitrogen and oxygen atoms in total. The normalized spacial score (nSPS) is 12.4. The molecule has 0 radical (unpaired) electrons. The first-order valence-corrected chi connectivity index (χ1v) is 7.19. The highest BCUT2D eigenvalue weighted by Gasteiger charge is 2.12. The van der Waals surface area contributed by atoms with E-state index in [-0.39, 0.29) is 17.9 Å². The first kappa shape index (κ1) is 16.0. The average molecular weight is 300 g/mol. The van der Waals surface area contributed by atoms with Crippen molar-refractivity contribution >= 4 is 5.97 Å². The number of benzene rings is 1. The van der Waals surface area contributed by atoms with E-state index < -0.39 is 12.0 Å². The zero-order chi connectivity index (χ0) is 16.3. The van der Waals surface area contributed by atoms with Crippen LogP contribution in [-0.4, -0.2) is 21.7 Å². The Bertz CT molecular complexity index is 717. The smallest absolute Gasteiger partial charge is 0.320 e. The van der Waals surface area contributed by atoms with Gasteiger partial charge in [0.15, 0.2) is 0 Å². The first-order valence-electron chi connectivity index (χ1n) is 7.19. The second-order valence-corrected chi connectivity index (χ2v) is 5.61. The molecule has 1 aromatic heterocycles. The Morgan fingerprint density at radius 1 is 1.23 bits per heavy atom. The largest absolute Gasteiger partial charge is 0.480 e. The Balaban J connectivity index is 2.30. The number of rotatable bonds is 5. The predicted octanol–water partition coefficient (Wildman–Crippen LogP) is 1.92. The highest BCUT2D eigenvalue weighted by molar-refractivity contribution is 5.73. The SMILES string of the molecule is CC(C)c1cccn(-c2ccc(C[C@H](N)C(=O)O)cc2)c1=O. The van der Waals surface area contributed by atoms with Gasteiger partial charge in [-0.2, -0.15) is 0 Å². The molecule has 0 aliphatic rings. The second kappa shape index (κ2) is 6.58. The number of carbonyl (C=O) groups is 1. The van der Waals surface area contributed by atoms with Gasteiger partial charge in [0.25, 0.3) is 5.56 Å². The fourth-order valence-electron chi connectivity index (χ4n) is 2.29. The second-order valence-electron chi connectivity index (χ2n) is 5.61. The van der Waals surface area contributed by atoms with Crippen LogP contribution in [0.4, 0.5) is 0 Å². The number of aliphatic carboxylic acids is 1. The molecule has 3 N–H and O–H groups in total. The van der Waals surface area contributed by atoms with Crippen molar-refractivity contribution < 1.29 is 9.90 Å². The molecular weight excluding hydrogens is 280 g/mol. The highest BCUT2D eigenvalue weighted by atomic mass is 16.4. The van der Waals surface area contributed by atoms with Crippen molar-refractivity contribution in [2.45, 2.75) is 32.2 Å². The molecule has 0 aliphatic heterocycles. The van der Waals surface area contributed by atoms with Crippen LogP contribution >= 0.6 is 0 Å². The van der Waals surface area contributed by atoms with Crippen LogP contribution in [0.2, 0.25) is 0 Å². The van der Waals surface area contributed by atoms with Crippen molar-refractivity contribution in [1.82, 2.24) is 4.57 Å². The molecule has 0 fully saturated rings. The van der Waals surface area contributed by atoms with Crippen molar-refractivity contribution in [3.05, 3.63) is 64.1 Å². The van der Waals surface area contributed by atoms with E-state index in [1.165, 1.54) is 0 Å². The molecule has 1 atom stereocenters. The minimum absolute atomic E-state index is 0.0347. The highest BCUT2D eigenvalue weighted by Crippen LogP contribution is 2.13. The minimum atomic E-state index is -1.02. The molecule has 0 unspecified atom stereocenters. The summed E-state index contributed by atoms with van der Waals surface area (Å²) in [7, 11) is 0. The van der Waals surface area contributed by atoms with Gasteiger partial charge < -0.3 is 10.8 Å². The van der Waals surface area contributed by atoms with E-state index in [2.05, 4.69) is 0 Å². The average Bonchev–Trinajstić information content (AvgIpc) is 2.48. The van der Waals surface area contributed by atoms with Gasteiger partial charge in [0.1, 0.15) is 6.04 Å². The van der Waals surface area contributed by atoms with E-state index in [1.54, 1.807) is 35.0 Å². The molecule has 0 amide bonds. The monoisotopic (exact) mass is 300 g/mol. The number of carboxylic acids is 1. The number of hydrogen-bond donors (Lipinski definition) is 2. The number of nitrogens with zero attached hydrogens (tertiary/aromatic N) is 1. The van der Waals surface area contributed by atoms with Crippen molar-refractivity contribution in [3.8, 4) is 5.69 Å². The standard InChI is InChI=1S/C17H20N2O3/c1-11(2)14-4-3-9-19(16(14)20)13-7-5-12(6-8-13)10-15(18)17(21)22/h3-9,11,15H,10,18H2,1-2H3,(H,21,22)/t15-/m0/s1. The van der Waals surface area contributed by atoms with Crippen LogP contribution in [0.15, 0.2) is 47.4 Å². The van der Waals surface area contributed by atoms with Gasteiger partial charge >= 0.3 is 5.97 Å². The third-order valence-corrected chi connectivity index (χ3v) is 3.59. The lowest BCUT2D eigenvalue weighted by Crippen LogP contribution is -2.32. The molecule has 5 heteroatoms. The Labute approximate surface area is 129 Å². The Morgan fingerprint density at radius 3 is 2.41 bits per heavy atom. The summed E-state index contributed by atoms with van der Waals surface area (Å²) < 4.78 is 1.59. The number of carboxylic acid groups (broad SMARTS) is 1. The maximum atomic E-state index is 12.4. The fraction of sp³-hybridized carbons (Fsp3) is 0.294. The van der Waals surface area contributed by atoms with Gasteiger partial charge in [-0.25, -0.2) is 0 Å². The fourth-order valence-corrected chi connectivity index (χ4v) is 2.29. The summed E-state index contributed by atoms with van der Waals surface area (Å²) in [6, 6.07) is 9.97. The van der Waals surface area contributed by atoms with Crippen LogP contribution in [-0.2, 0) is 11.2 Å². The van der Waals surface area contributed by atoms with E-state index in [4.69, 9.17) is 10.8 Å². The van der Waals surface area contributed by atoms with Gasteiger partial charge in [-0.15, -0.1) is 0 Å². The van der Waals surface area contributed by atoms with Gasteiger partial charge in [-0.05, 0) is 36.1 Å². The van der Waals surface area contributed by atoms with E-state index in [0.29, 0.717) is 0 Å². The Hall–Kier alpha value is -2.40. The minimum Gasteiger partial charge on any atom is -0.480 e. The summed E-state index contributed by atoms with van der Waals surface area (Å²) in [6.45, 7) is 3.97. The summed E-state index contributed by atoms with van der Waals surface area (Å²) in [5, 5.41) is 8.82. The van der Waals surface area contributed by atoms with Crippen molar-refractivity contribution in [2.24, 2.45) is 5.73 Å².